The molecule has 0 aliphatic heterocycles. The molecule has 2 N–H and O–H groups in total. The molecule has 96 valence electrons. The molecule has 0 radical (unpaired) electrons. The predicted octanol–water partition coefficient (Wildman–Crippen LogP) is 3.15. The molecule has 0 amide bonds. The lowest BCUT2D eigenvalue weighted by Gasteiger charge is -2.25. The summed E-state index contributed by atoms with van der Waals surface area (Å²) in [4.78, 5) is 1.39. The van der Waals surface area contributed by atoms with Crippen molar-refractivity contribution in [3.8, 4) is 0 Å². The van der Waals surface area contributed by atoms with E-state index in [4.69, 9.17) is 0 Å². The van der Waals surface area contributed by atoms with Crippen LogP contribution in [0.5, 0.6) is 0 Å². The van der Waals surface area contributed by atoms with Crippen LogP contribution in [0.25, 0.3) is 0 Å². The van der Waals surface area contributed by atoms with E-state index in [1.807, 2.05) is 0 Å². The maximum Gasteiger partial charge on any atom is 0.0701 e. The number of rotatable bonds is 6. The predicted molar refractivity (Wildman–Crippen MR) is 76.7 cm³/mol. The molecule has 1 heterocycles. The number of hydrogen-bond donors (Lipinski definition) is 2. The van der Waals surface area contributed by atoms with E-state index in [-0.39, 0.29) is 10.8 Å². The van der Waals surface area contributed by atoms with E-state index in [1.165, 1.54) is 21.5 Å². The molecule has 4 heteroatoms. The second-order valence-corrected chi connectivity index (χ2v) is 8.21. The zero-order chi connectivity index (χ0) is 12.5. The summed E-state index contributed by atoms with van der Waals surface area (Å²) < 4.78 is 1.19. The van der Waals surface area contributed by atoms with Gasteiger partial charge in [-0.2, -0.15) is 0 Å². The fourth-order valence-electron chi connectivity index (χ4n) is 1.97. The third kappa shape index (κ3) is 3.31. The molecule has 0 saturated heterocycles. The number of aliphatic hydroxyl groups excluding tert-OH is 1. The molecular formula is C13H20BrNOS. The van der Waals surface area contributed by atoms with Crippen molar-refractivity contribution in [2.75, 3.05) is 19.7 Å². The second kappa shape index (κ2) is 5.00. The van der Waals surface area contributed by atoms with Gasteiger partial charge in [-0.05, 0) is 40.9 Å². The van der Waals surface area contributed by atoms with E-state index in [0.29, 0.717) is 6.61 Å². The van der Waals surface area contributed by atoms with Gasteiger partial charge < -0.3 is 10.4 Å². The topological polar surface area (TPSA) is 32.3 Å². The standard InChI is InChI=1S/C13H20BrNOS/c1-12(2,10-3-4-11(14)17-10)7-15-8-13(9-16)5-6-13/h3-4,15-16H,5-9H2,1-2H3. The van der Waals surface area contributed by atoms with Crippen molar-refractivity contribution >= 4 is 27.3 Å². The molecule has 0 unspecified atom stereocenters. The summed E-state index contributed by atoms with van der Waals surface area (Å²) in [5.74, 6) is 0. The van der Waals surface area contributed by atoms with Gasteiger partial charge in [0.1, 0.15) is 0 Å². The molecule has 1 aliphatic rings. The van der Waals surface area contributed by atoms with E-state index in [0.717, 1.165) is 13.1 Å². The molecule has 0 aromatic carbocycles. The summed E-state index contributed by atoms with van der Waals surface area (Å²) in [5.41, 5.74) is 0.355. The fourth-order valence-corrected chi connectivity index (χ4v) is 3.46. The van der Waals surface area contributed by atoms with E-state index in [2.05, 4.69) is 47.2 Å². The van der Waals surface area contributed by atoms with Crippen molar-refractivity contribution in [3.63, 3.8) is 0 Å². The number of hydrogen-bond acceptors (Lipinski definition) is 3. The first-order chi connectivity index (χ1) is 7.97. The summed E-state index contributed by atoms with van der Waals surface area (Å²) in [6.45, 7) is 6.75. The lowest BCUT2D eigenvalue weighted by molar-refractivity contribution is 0.205. The lowest BCUT2D eigenvalue weighted by atomic mass is 9.91. The largest absolute Gasteiger partial charge is 0.396 e. The fraction of sp³-hybridized carbons (Fsp3) is 0.692. The zero-order valence-corrected chi connectivity index (χ0v) is 12.8. The number of nitrogens with one attached hydrogen (secondary N) is 1. The first kappa shape index (κ1) is 13.5. The van der Waals surface area contributed by atoms with Crippen molar-refractivity contribution in [3.05, 3.63) is 20.8 Å². The zero-order valence-electron chi connectivity index (χ0n) is 10.4. The van der Waals surface area contributed by atoms with Crippen LogP contribution < -0.4 is 5.32 Å². The molecule has 1 aromatic heterocycles. The summed E-state index contributed by atoms with van der Waals surface area (Å²) in [5, 5.41) is 12.8. The third-order valence-corrected chi connectivity index (χ3v) is 5.59. The van der Waals surface area contributed by atoms with Gasteiger partial charge in [-0.3, -0.25) is 0 Å². The highest BCUT2D eigenvalue weighted by molar-refractivity contribution is 9.11. The smallest absolute Gasteiger partial charge is 0.0701 e. The maximum atomic E-state index is 9.26. The van der Waals surface area contributed by atoms with E-state index in [9.17, 15) is 5.11 Å². The van der Waals surface area contributed by atoms with Crippen molar-refractivity contribution in [2.24, 2.45) is 5.41 Å². The average molecular weight is 318 g/mol. The summed E-state index contributed by atoms with van der Waals surface area (Å²) >= 11 is 5.31. The third-order valence-electron chi connectivity index (χ3n) is 3.60. The molecule has 17 heavy (non-hydrogen) atoms. The molecule has 0 atom stereocenters. The normalized spacial score (nSPS) is 18.4. The van der Waals surface area contributed by atoms with Crippen molar-refractivity contribution < 1.29 is 5.11 Å². The highest BCUT2D eigenvalue weighted by Crippen LogP contribution is 2.44. The summed E-state index contributed by atoms with van der Waals surface area (Å²) in [7, 11) is 0. The van der Waals surface area contributed by atoms with E-state index >= 15 is 0 Å². The van der Waals surface area contributed by atoms with Crippen LogP contribution in [-0.4, -0.2) is 24.8 Å². The molecule has 2 rings (SSSR count). The molecule has 1 aliphatic carbocycles. The first-order valence-electron chi connectivity index (χ1n) is 6.05. The molecule has 0 spiro atoms. The van der Waals surface area contributed by atoms with Gasteiger partial charge in [-0.1, -0.05) is 13.8 Å². The van der Waals surface area contributed by atoms with Gasteiger partial charge in [-0.25, -0.2) is 0 Å². The van der Waals surface area contributed by atoms with Crippen LogP contribution in [0.15, 0.2) is 15.9 Å². The van der Waals surface area contributed by atoms with Crippen LogP contribution in [0.1, 0.15) is 31.6 Å². The number of halogens is 1. The molecule has 1 fully saturated rings. The molecule has 0 bridgehead atoms. The number of thiophene rings is 1. The minimum absolute atomic E-state index is 0.155. The van der Waals surface area contributed by atoms with Crippen LogP contribution >= 0.6 is 27.3 Å². The first-order valence-corrected chi connectivity index (χ1v) is 7.66. The maximum absolute atomic E-state index is 9.26. The Balaban J connectivity index is 1.85. The monoisotopic (exact) mass is 317 g/mol. The highest BCUT2D eigenvalue weighted by Gasteiger charge is 2.41. The Morgan fingerprint density at radius 3 is 2.65 bits per heavy atom. The molecule has 1 aromatic rings. The van der Waals surface area contributed by atoms with Crippen molar-refractivity contribution in [1.29, 1.82) is 0 Å². The van der Waals surface area contributed by atoms with E-state index in [1.54, 1.807) is 11.3 Å². The molecular weight excluding hydrogens is 298 g/mol. The average Bonchev–Trinajstić information content (AvgIpc) is 2.92. The highest BCUT2D eigenvalue weighted by atomic mass is 79.9. The van der Waals surface area contributed by atoms with Gasteiger partial charge in [0.05, 0.1) is 3.79 Å². The van der Waals surface area contributed by atoms with Gasteiger partial charge in [0, 0.05) is 35.4 Å². The summed E-state index contributed by atoms with van der Waals surface area (Å²) in [6.07, 6.45) is 2.34. The SMILES string of the molecule is CC(C)(CNCC1(CO)CC1)c1ccc(Br)s1. The second-order valence-electron chi connectivity index (χ2n) is 5.75. The molecule has 2 nitrogen and oxygen atoms in total. The Labute approximate surface area is 116 Å². The van der Waals surface area contributed by atoms with E-state index < -0.39 is 0 Å². The quantitative estimate of drug-likeness (QED) is 0.844. The lowest BCUT2D eigenvalue weighted by Crippen LogP contribution is -2.36. The van der Waals surface area contributed by atoms with Crippen molar-refractivity contribution in [1.82, 2.24) is 5.32 Å². The number of aliphatic hydroxyl groups is 1. The van der Waals surface area contributed by atoms with Crippen LogP contribution in [-0.2, 0) is 5.41 Å². The van der Waals surface area contributed by atoms with Gasteiger partial charge >= 0.3 is 0 Å². The minimum Gasteiger partial charge on any atom is -0.396 e. The van der Waals surface area contributed by atoms with Gasteiger partial charge in [0.25, 0.3) is 0 Å². The van der Waals surface area contributed by atoms with Crippen molar-refractivity contribution in [2.45, 2.75) is 32.1 Å². The Morgan fingerprint density at radius 2 is 2.18 bits per heavy atom. The summed E-state index contributed by atoms with van der Waals surface area (Å²) in [6, 6.07) is 4.30. The Morgan fingerprint density at radius 1 is 1.47 bits per heavy atom. The molecule has 1 saturated carbocycles. The van der Waals surface area contributed by atoms with Gasteiger partial charge in [-0.15, -0.1) is 11.3 Å². The Hall–Kier alpha value is 0.1000. The van der Waals surface area contributed by atoms with Crippen LogP contribution in [0.3, 0.4) is 0 Å². The van der Waals surface area contributed by atoms with Crippen LogP contribution in [0.4, 0.5) is 0 Å². The van der Waals surface area contributed by atoms with Crippen LogP contribution in [0.2, 0.25) is 0 Å². The Bertz CT molecular complexity index is 385. The van der Waals surface area contributed by atoms with Gasteiger partial charge in [0.15, 0.2) is 0 Å². The van der Waals surface area contributed by atoms with Crippen LogP contribution in [0, 0.1) is 5.41 Å². The minimum atomic E-state index is 0.155. The van der Waals surface area contributed by atoms with Gasteiger partial charge in [0.2, 0.25) is 0 Å². The Kier molecular flexibility index (Phi) is 3.98.